The van der Waals surface area contributed by atoms with Gasteiger partial charge < -0.3 is 16.2 Å². The minimum absolute atomic E-state index is 0.0333. The molecule has 0 fully saturated rings. The molecule has 5 nitrogen and oxygen atoms in total. The van der Waals surface area contributed by atoms with E-state index in [1.54, 1.807) is 0 Å². The van der Waals surface area contributed by atoms with E-state index in [9.17, 15) is 9.59 Å². The van der Waals surface area contributed by atoms with Crippen molar-refractivity contribution in [2.45, 2.75) is 19.3 Å². The van der Waals surface area contributed by atoms with Gasteiger partial charge in [0.05, 0.1) is 10.9 Å². The molecule has 0 saturated carbocycles. The molecule has 0 saturated heterocycles. The second-order valence-corrected chi connectivity index (χ2v) is 3.44. The Balaban J connectivity index is 4.09. The number of nitrogens with one attached hydrogen (secondary N) is 1. The summed E-state index contributed by atoms with van der Waals surface area (Å²) >= 11 is 4.63. The number of carboxylic acid groups (broad SMARTS) is 1. The highest BCUT2D eigenvalue weighted by atomic mass is 32.1. The highest BCUT2D eigenvalue weighted by Gasteiger charge is 2.20. The van der Waals surface area contributed by atoms with Crippen molar-refractivity contribution in [3.05, 3.63) is 0 Å². The summed E-state index contributed by atoms with van der Waals surface area (Å²) < 4.78 is 0. The average molecular weight is 218 g/mol. The van der Waals surface area contributed by atoms with Gasteiger partial charge in [-0.05, 0) is 12.8 Å². The molecule has 0 aromatic carbocycles. The number of rotatable bonds is 6. The van der Waals surface area contributed by atoms with Crippen LogP contribution >= 0.6 is 12.2 Å². The van der Waals surface area contributed by atoms with E-state index in [1.165, 1.54) is 7.05 Å². The number of carboxylic acids is 1. The number of hydrogen-bond acceptors (Lipinski definition) is 3. The van der Waals surface area contributed by atoms with Gasteiger partial charge in [-0.25, -0.2) is 0 Å². The van der Waals surface area contributed by atoms with Crippen LogP contribution in [0.25, 0.3) is 0 Å². The zero-order valence-corrected chi connectivity index (χ0v) is 8.76. The summed E-state index contributed by atoms with van der Waals surface area (Å²) in [5.41, 5.74) is 5.24. The van der Waals surface area contributed by atoms with Crippen molar-refractivity contribution >= 4 is 29.1 Å². The molecule has 0 bridgehead atoms. The first kappa shape index (κ1) is 12.8. The molecule has 0 aliphatic carbocycles. The van der Waals surface area contributed by atoms with Gasteiger partial charge in [0.15, 0.2) is 0 Å². The van der Waals surface area contributed by atoms with Crippen molar-refractivity contribution in [1.82, 2.24) is 5.32 Å². The number of aliphatic carboxylic acids is 1. The number of carbonyl (C=O) groups is 2. The number of amides is 1. The maximum Gasteiger partial charge on any atom is 0.307 e. The lowest BCUT2D eigenvalue weighted by Gasteiger charge is -2.10. The molecule has 1 atom stereocenters. The summed E-state index contributed by atoms with van der Waals surface area (Å²) in [7, 11) is 1.47. The van der Waals surface area contributed by atoms with E-state index in [-0.39, 0.29) is 17.3 Å². The van der Waals surface area contributed by atoms with Gasteiger partial charge in [0, 0.05) is 13.5 Å². The molecule has 0 radical (unpaired) electrons. The van der Waals surface area contributed by atoms with E-state index < -0.39 is 11.9 Å². The van der Waals surface area contributed by atoms with Gasteiger partial charge in [-0.15, -0.1) is 0 Å². The number of nitrogens with two attached hydrogens (primary N) is 1. The fourth-order valence-electron chi connectivity index (χ4n) is 0.955. The summed E-state index contributed by atoms with van der Waals surface area (Å²) in [6.07, 6.45) is 0.621. The van der Waals surface area contributed by atoms with E-state index in [0.717, 1.165) is 0 Å². The van der Waals surface area contributed by atoms with Crippen LogP contribution in [0, 0.1) is 5.92 Å². The highest BCUT2D eigenvalue weighted by molar-refractivity contribution is 7.80. The molecule has 0 aliphatic rings. The van der Waals surface area contributed by atoms with Gasteiger partial charge >= 0.3 is 5.97 Å². The molecule has 0 aromatic rings. The number of hydrogen-bond donors (Lipinski definition) is 3. The molecule has 0 heterocycles. The minimum atomic E-state index is -0.996. The van der Waals surface area contributed by atoms with Crippen LogP contribution in [0.2, 0.25) is 0 Å². The third kappa shape index (κ3) is 5.47. The lowest BCUT2D eigenvalue weighted by atomic mass is 9.99. The minimum Gasteiger partial charge on any atom is -0.481 e. The molecule has 14 heavy (non-hydrogen) atoms. The summed E-state index contributed by atoms with van der Waals surface area (Å²) in [5, 5.41) is 11.1. The Morgan fingerprint density at radius 3 is 2.50 bits per heavy atom. The molecule has 0 spiro atoms. The van der Waals surface area contributed by atoms with Gasteiger partial charge in [-0.3, -0.25) is 9.59 Å². The van der Waals surface area contributed by atoms with Crippen molar-refractivity contribution in [2.75, 3.05) is 7.05 Å². The van der Waals surface area contributed by atoms with Crippen molar-refractivity contribution < 1.29 is 14.7 Å². The molecule has 4 N–H and O–H groups in total. The summed E-state index contributed by atoms with van der Waals surface area (Å²) in [6, 6.07) is 0. The van der Waals surface area contributed by atoms with Crippen molar-refractivity contribution in [2.24, 2.45) is 11.7 Å². The first-order valence-electron chi connectivity index (χ1n) is 4.19. The van der Waals surface area contributed by atoms with E-state index in [0.29, 0.717) is 12.8 Å². The fraction of sp³-hybridized carbons (Fsp3) is 0.625. The van der Waals surface area contributed by atoms with Crippen LogP contribution in [0.5, 0.6) is 0 Å². The van der Waals surface area contributed by atoms with E-state index >= 15 is 0 Å². The summed E-state index contributed by atoms with van der Waals surface area (Å²) in [4.78, 5) is 21.9. The van der Waals surface area contributed by atoms with Gasteiger partial charge in [0.2, 0.25) is 5.91 Å². The van der Waals surface area contributed by atoms with Crippen molar-refractivity contribution in [1.29, 1.82) is 0 Å². The predicted molar refractivity (Wildman–Crippen MR) is 55.8 cm³/mol. The first-order chi connectivity index (χ1) is 6.47. The van der Waals surface area contributed by atoms with Crippen LogP contribution < -0.4 is 11.1 Å². The Bertz CT molecular complexity index is 243. The van der Waals surface area contributed by atoms with E-state index in [1.807, 2.05) is 0 Å². The molecule has 0 aliphatic heterocycles. The first-order valence-corrected chi connectivity index (χ1v) is 4.60. The van der Waals surface area contributed by atoms with Crippen LogP contribution in [0.3, 0.4) is 0 Å². The van der Waals surface area contributed by atoms with Gasteiger partial charge in [-0.1, -0.05) is 12.2 Å². The van der Waals surface area contributed by atoms with Crippen molar-refractivity contribution in [3.8, 4) is 0 Å². The fourth-order valence-corrected chi connectivity index (χ4v) is 1.07. The molecular formula is C8H14N2O3S. The molecule has 1 amide bonds. The second-order valence-electron chi connectivity index (χ2n) is 2.92. The van der Waals surface area contributed by atoms with Gasteiger partial charge in [0.1, 0.15) is 0 Å². The van der Waals surface area contributed by atoms with Crippen LogP contribution in [0.1, 0.15) is 19.3 Å². The summed E-state index contributed by atoms with van der Waals surface area (Å²) in [5.74, 6) is -2.00. The molecular weight excluding hydrogens is 204 g/mol. The molecule has 6 heteroatoms. The highest BCUT2D eigenvalue weighted by Crippen LogP contribution is 2.11. The monoisotopic (exact) mass is 218 g/mol. The predicted octanol–water partition coefficient (Wildman–Crippen LogP) is -0.110. The molecule has 0 aromatic heterocycles. The van der Waals surface area contributed by atoms with Crippen LogP contribution in [-0.2, 0) is 9.59 Å². The van der Waals surface area contributed by atoms with Gasteiger partial charge in [0.25, 0.3) is 0 Å². The lowest BCUT2D eigenvalue weighted by molar-refractivity contribution is -0.144. The van der Waals surface area contributed by atoms with Crippen LogP contribution in [-0.4, -0.2) is 29.0 Å². The molecule has 0 rings (SSSR count). The van der Waals surface area contributed by atoms with Crippen LogP contribution in [0.4, 0.5) is 0 Å². The van der Waals surface area contributed by atoms with Gasteiger partial charge in [-0.2, -0.15) is 0 Å². The standard InChI is InChI=1S/C8H14N2O3S/c1-10-7(11)4-5(8(12)13)2-3-6(9)14/h5H,2-4H2,1H3,(H2,9,14)(H,10,11)(H,12,13). The number of thiocarbonyl (C=S) groups is 1. The lowest BCUT2D eigenvalue weighted by Crippen LogP contribution is -2.26. The maximum absolute atomic E-state index is 10.9. The second kappa shape index (κ2) is 6.31. The Morgan fingerprint density at radius 1 is 1.57 bits per heavy atom. The largest absolute Gasteiger partial charge is 0.481 e. The molecule has 1 unspecified atom stereocenters. The normalized spacial score (nSPS) is 11.8. The Kier molecular flexibility index (Phi) is 5.78. The Hall–Kier alpha value is -1.17. The third-order valence-electron chi connectivity index (χ3n) is 1.80. The Morgan fingerprint density at radius 2 is 2.14 bits per heavy atom. The average Bonchev–Trinajstić information content (AvgIpc) is 2.10. The van der Waals surface area contributed by atoms with E-state index in [2.05, 4.69) is 17.5 Å². The smallest absolute Gasteiger partial charge is 0.307 e. The topological polar surface area (TPSA) is 92.4 Å². The zero-order valence-electron chi connectivity index (χ0n) is 7.95. The summed E-state index contributed by atoms with van der Waals surface area (Å²) in [6.45, 7) is 0. The van der Waals surface area contributed by atoms with Crippen molar-refractivity contribution in [3.63, 3.8) is 0 Å². The third-order valence-corrected chi connectivity index (χ3v) is 2.00. The quantitative estimate of drug-likeness (QED) is 0.541. The maximum atomic E-state index is 10.9. The van der Waals surface area contributed by atoms with E-state index in [4.69, 9.17) is 10.8 Å². The van der Waals surface area contributed by atoms with Crippen LogP contribution in [0.15, 0.2) is 0 Å². The number of carbonyl (C=O) groups excluding carboxylic acids is 1. The SMILES string of the molecule is CNC(=O)CC(CCC(N)=S)C(=O)O. The Labute approximate surface area is 87.7 Å². The molecule has 80 valence electrons. The zero-order chi connectivity index (χ0) is 11.1.